The molecule has 122 valence electrons. The SMILES string of the molecule is CS/C(Nc1ccccc1)=C1/CC/C(=C/c2ccc(Br)cc2)C1=O. The van der Waals surface area contributed by atoms with Crippen LogP contribution in [0.3, 0.4) is 0 Å². The third kappa shape index (κ3) is 4.00. The maximum absolute atomic E-state index is 12.8. The van der Waals surface area contributed by atoms with E-state index in [0.29, 0.717) is 0 Å². The van der Waals surface area contributed by atoms with Crippen molar-refractivity contribution in [3.8, 4) is 0 Å². The van der Waals surface area contributed by atoms with Crippen LogP contribution < -0.4 is 5.32 Å². The zero-order valence-electron chi connectivity index (χ0n) is 13.4. The lowest BCUT2D eigenvalue weighted by molar-refractivity contribution is -0.111. The molecule has 1 aliphatic carbocycles. The lowest BCUT2D eigenvalue weighted by atomic mass is 10.1. The molecule has 0 bridgehead atoms. The summed E-state index contributed by atoms with van der Waals surface area (Å²) < 4.78 is 1.04. The highest BCUT2D eigenvalue weighted by molar-refractivity contribution is 9.10. The summed E-state index contributed by atoms with van der Waals surface area (Å²) in [6.07, 6.45) is 5.59. The van der Waals surface area contributed by atoms with E-state index in [0.717, 1.165) is 44.7 Å². The van der Waals surface area contributed by atoms with E-state index < -0.39 is 0 Å². The highest BCUT2D eigenvalue weighted by Gasteiger charge is 2.26. The van der Waals surface area contributed by atoms with Gasteiger partial charge in [-0.25, -0.2) is 0 Å². The summed E-state index contributed by atoms with van der Waals surface area (Å²) >= 11 is 5.02. The molecule has 0 aromatic heterocycles. The molecule has 3 rings (SSSR count). The zero-order chi connectivity index (χ0) is 16.9. The van der Waals surface area contributed by atoms with Crippen LogP contribution >= 0.6 is 27.7 Å². The van der Waals surface area contributed by atoms with Crippen molar-refractivity contribution in [2.45, 2.75) is 12.8 Å². The van der Waals surface area contributed by atoms with E-state index in [4.69, 9.17) is 0 Å². The van der Waals surface area contributed by atoms with E-state index in [2.05, 4.69) is 21.2 Å². The summed E-state index contributed by atoms with van der Waals surface area (Å²) in [6, 6.07) is 18.0. The van der Waals surface area contributed by atoms with E-state index in [1.807, 2.05) is 66.9 Å². The van der Waals surface area contributed by atoms with Crippen molar-refractivity contribution >= 4 is 45.2 Å². The first kappa shape index (κ1) is 17.1. The van der Waals surface area contributed by atoms with Crippen molar-refractivity contribution in [1.82, 2.24) is 0 Å². The number of anilines is 1. The van der Waals surface area contributed by atoms with Crippen LogP contribution in [-0.4, -0.2) is 12.0 Å². The van der Waals surface area contributed by atoms with Crippen LogP contribution in [0.4, 0.5) is 5.69 Å². The monoisotopic (exact) mass is 399 g/mol. The van der Waals surface area contributed by atoms with Gasteiger partial charge in [0.1, 0.15) is 0 Å². The van der Waals surface area contributed by atoms with Gasteiger partial charge >= 0.3 is 0 Å². The van der Waals surface area contributed by atoms with Crippen molar-refractivity contribution in [3.63, 3.8) is 0 Å². The van der Waals surface area contributed by atoms with Crippen LogP contribution in [-0.2, 0) is 4.79 Å². The number of hydrogen-bond acceptors (Lipinski definition) is 3. The standard InChI is InChI=1S/C20H18BrNOS/c1-24-20(22-17-5-3-2-4-6-17)18-12-9-15(19(18)23)13-14-7-10-16(21)11-8-14/h2-8,10-11,13,22H,9,12H2,1H3/b15-13-,20-18-. The van der Waals surface area contributed by atoms with E-state index >= 15 is 0 Å². The van der Waals surface area contributed by atoms with Crippen LogP contribution in [0.2, 0.25) is 0 Å². The molecule has 0 heterocycles. The Morgan fingerprint density at radius 3 is 2.46 bits per heavy atom. The number of rotatable bonds is 4. The molecule has 1 fully saturated rings. The first-order valence-corrected chi connectivity index (χ1v) is 9.79. The van der Waals surface area contributed by atoms with Gasteiger partial charge in [0.25, 0.3) is 0 Å². The second-order valence-corrected chi connectivity index (χ2v) is 7.29. The number of benzene rings is 2. The largest absolute Gasteiger partial charge is 0.350 e. The second kappa shape index (κ2) is 7.86. The maximum atomic E-state index is 12.8. The first-order valence-electron chi connectivity index (χ1n) is 7.77. The maximum Gasteiger partial charge on any atom is 0.187 e. The molecule has 0 atom stereocenters. The molecule has 1 N–H and O–H groups in total. The smallest absolute Gasteiger partial charge is 0.187 e. The first-order chi connectivity index (χ1) is 11.7. The third-order valence-corrected chi connectivity index (χ3v) is 5.22. The van der Waals surface area contributed by atoms with Crippen molar-refractivity contribution in [1.29, 1.82) is 0 Å². The van der Waals surface area contributed by atoms with Crippen LogP contribution in [0.25, 0.3) is 6.08 Å². The fourth-order valence-electron chi connectivity index (χ4n) is 2.70. The molecule has 2 aromatic carbocycles. The third-order valence-electron chi connectivity index (χ3n) is 3.93. The van der Waals surface area contributed by atoms with E-state index in [1.165, 1.54) is 0 Å². The molecule has 0 aliphatic heterocycles. The fraction of sp³-hybridized carbons (Fsp3) is 0.150. The highest BCUT2D eigenvalue weighted by atomic mass is 79.9. The fourth-order valence-corrected chi connectivity index (χ4v) is 3.62. The molecule has 0 unspecified atom stereocenters. The lowest BCUT2D eigenvalue weighted by Crippen LogP contribution is -2.05. The van der Waals surface area contributed by atoms with Gasteiger partial charge in [0.05, 0.1) is 5.03 Å². The van der Waals surface area contributed by atoms with E-state index in [9.17, 15) is 4.79 Å². The summed E-state index contributed by atoms with van der Waals surface area (Å²) in [5.74, 6) is 0.158. The molecular weight excluding hydrogens is 382 g/mol. The summed E-state index contributed by atoms with van der Waals surface area (Å²) in [5.41, 5.74) is 3.83. The minimum Gasteiger partial charge on any atom is -0.350 e. The number of Topliss-reactive ketones (excluding diaryl/α,β-unsaturated/α-hetero) is 1. The molecule has 1 saturated carbocycles. The van der Waals surface area contributed by atoms with Gasteiger partial charge in [0.15, 0.2) is 5.78 Å². The molecule has 0 saturated heterocycles. The number of nitrogens with one attached hydrogen (secondary N) is 1. The summed E-state index contributed by atoms with van der Waals surface area (Å²) in [7, 11) is 0. The van der Waals surface area contributed by atoms with Crippen molar-refractivity contribution in [2.24, 2.45) is 0 Å². The zero-order valence-corrected chi connectivity index (χ0v) is 15.8. The quantitative estimate of drug-likeness (QED) is 0.650. The Morgan fingerprint density at radius 1 is 1.08 bits per heavy atom. The Kier molecular flexibility index (Phi) is 5.59. The van der Waals surface area contributed by atoms with E-state index in [1.54, 1.807) is 11.8 Å². The molecule has 0 radical (unpaired) electrons. The number of allylic oxidation sites excluding steroid dienone is 2. The number of hydrogen-bond donors (Lipinski definition) is 1. The number of halogens is 1. The van der Waals surface area contributed by atoms with Crippen LogP contribution in [0.5, 0.6) is 0 Å². The Hall–Kier alpha value is -1.78. The molecule has 0 amide bonds. The molecule has 2 aromatic rings. The summed E-state index contributed by atoms with van der Waals surface area (Å²) in [5, 5.41) is 4.33. The molecular formula is C20H18BrNOS. The van der Waals surface area contributed by atoms with Crippen LogP contribution in [0, 0.1) is 0 Å². The van der Waals surface area contributed by atoms with Gasteiger partial charge in [0, 0.05) is 21.3 Å². The minimum absolute atomic E-state index is 0.158. The average molecular weight is 400 g/mol. The highest BCUT2D eigenvalue weighted by Crippen LogP contribution is 2.33. The van der Waals surface area contributed by atoms with Crippen molar-refractivity contribution in [2.75, 3.05) is 11.6 Å². The Balaban J connectivity index is 1.84. The van der Waals surface area contributed by atoms with Gasteiger partial charge in [-0.15, -0.1) is 11.8 Å². The second-order valence-electron chi connectivity index (χ2n) is 5.55. The Bertz CT molecular complexity index is 794. The van der Waals surface area contributed by atoms with Gasteiger partial charge in [-0.2, -0.15) is 0 Å². The predicted molar refractivity (Wildman–Crippen MR) is 107 cm³/mol. The van der Waals surface area contributed by atoms with Gasteiger partial charge < -0.3 is 5.32 Å². The molecule has 1 aliphatic rings. The number of para-hydroxylation sites is 1. The number of carbonyl (C=O) groups is 1. The lowest BCUT2D eigenvalue weighted by Gasteiger charge is -2.11. The molecule has 4 heteroatoms. The number of ketones is 1. The minimum atomic E-state index is 0.158. The number of carbonyl (C=O) groups excluding carboxylic acids is 1. The van der Waals surface area contributed by atoms with Crippen LogP contribution in [0.15, 0.2) is 75.2 Å². The van der Waals surface area contributed by atoms with Crippen molar-refractivity contribution in [3.05, 3.63) is 80.8 Å². The van der Waals surface area contributed by atoms with Gasteiger partial charge in [-0.1, -0.05) is 46.3 Å². The van der Waals surface area contributed by atoms with Gasteiger partial charge in [0.2, 0.25) is 0 Å². The topological polar surface area (TPSA) is 29.1 Å². The van der Waals surface area contributed by atoms with Gasteiger partial charge in [-0.05, 0) is 55.0 Å². The summed E-state index contributed by atoms with van der Waals surface area (Å²) in [4.78, 5) is 12.8. The Morgan fingerprint density at radius 2 is 1.79 bits per heavy atom. The average Bonchev–Trinajstić information content (AvgIpc) is 2.96. The predicted octanol–water partition coefficient (Wildman–Crippen LogP) is 5.88. The van der Waals surface area contributed by atoms with Gasteiger partial charge in [-0.3, -0.25) is 4.79 Å². The molecule has 24 heavy (non-hydrogen) atoms. The summed E-state index contributed by atoms with van der Waals surface area (Å²) in [6.45, 7) is 0. The normalized spacial score (nSPS) is 18.1. The number of thioether (sulfide) groups is 1. The Labute approximate surface area is 155 Å². The molecule has 0 spiro atoms. The van der Waals surface area contributed by atoms with Crippen LogP contribution in [0.1, 0.15) is 18.4 Å². The molecule has 2 nitrogen and oxygen atoms in total. The van der Waals surface area contributed by atoms with E-state index in [-0.39, 0.29) is 5.78 Å². The van der Waals surface area contributed by atoms with Crippen molar-refractivity contribution < 1.29 is 4.79 Å².